The summed E-state index contributed by atoms with van der Waals surface area (Å²) in [7, 11) is 0. The second-order valence-corrected chi connectivity index (χ2v) is 10.9. The number of nitrogens with zero attached hydrogens (tertiary/aromatic N) is 2. The van der Waals surface area contributed by atoms with Crippen molar-refractivity contribution >= 4 is 35.7 Å². The molecular weight excluding hydrogens is 544 g/mol. The Morgan fingerprint density at radius 2 is 0.756 bits per heavy atom. The van der Waals surface area contributed by atoms with E-state index in [4.69, 9.17) is 0 Å². The van der Waals surface area contributed by atoms with Crippen LogP contribution in [-0.2, 0) is 0 Å². The molecule has 6 aromatic carbocycles. The number of hydrogen-bond donors (Lipinski definition) is 0. The van der Waals surface area contributed by atoms with Gasteiger partial charge in [0.15, 0.2) is 0 Å². The molecule has 0 spiro atoms. The van der Waals surface area contributed by atoms with Crippen LogP contribution in [0.1, 0.15) is 34.2 Å². The largest absolute Gasteiger partial charge is 0.265 e. The topological polar surface area (TPSA) is 15.6 Å². The van der Waals surface area contributed by atoms with Gasteiger partial charge in [0.2, 0.25) is 0 Å². The molecule has 0 bridgehead atoms. The molecule has 1 heterocycles. The summed E-state index contributed by atoms with van der Waals surface area (Å²) >= 11 is 0. The predicted molar refractivity (Wildman–Crippen MR) is 194 cm³/mol. The maximum atomic E-state index is 4.68. The molecule has 0 saturated carbocycles. The van der Waals surface area contributed by atoms with Crippen LogP contribution in [-0.4, -0.2) is 12.3 Å². The zero-order valence-electron chi connectivity index (χ0n) is 25.3. The summed E-state index contributed by atoms with van der Waals surface area (Å²) in [6.07, 6.45) is 9.60. The molecule has 1 aliphatic heterocycles. The Hall–Kier alpha value is -5.73. The summed E-state index contributed by atoms with van der Waals surface area (Å²) in [5, 5.41) is 6.75. The summed E-state index contributed by atoms with van der Waals surface area (Å²) in [5.74, 6) is 0. The quantitative estimate of drug-likeness (QED) is 0.172. The van der Waals surface area contributed by atoms with Gasteiger partial charge in [-0.3, -0.25) is 5.01 Å². The van der Waals surface area contributed by atoms with Gasteiger partial charge in [0.05, 0.1) is 11.4 Å². The Bertz CT molecular complexity index is 1750. The van der Waals surface area contributed by atoms with Gasteiger partial charge in [-0.2, -0.15) is 5.10 Å². The van der Waals surface area contributed by atoms with Crippen molar-refractivity contribution in [3.8, 4) is 11.1 Å². The van der Waals surface area contributed by atoms with Gasteiger partial charge < -0.3 is 0 Å². The Morgan fingerprint density at radius 3 is 1.20 bits per heavy atom. The molecule has 0 fully saturated rings. The summed E-state index contributed by atoms with van der Waals surface area (Å²) < 4.78 is 0. The van der Waals surface area contributed by atoms with Gasteiger partial charge >= 0.3 is 0 Å². The van der Waals surface area contributed by atoms with Crippen LogP contribution in [0.4, 0.5) is 5.69 Å². The minimum Gasteiger partial charge on any atom is -0.265 e. The number of anilines is 1. The van der Waals surface area contributed by atoms with Crippen LogP contribution in [0, 0.1) is 0 Å². The van der Waals surface area contributed by atoms with Gasteiger partial charge in [-0.05, 0) is 51.1 Å². The van der Waals surface area contributed by atoms with Gasteiger partial charge in [-0.1, -0.05) is 182 Å². The molecule has 0 saturated heterocycles. The highest BCUT2D eigenvalue weighted by atomic mass is 15.5. The van der Waals surface area contributed by atoms with Crippen LogP contribution < -0.4 is 5.01 Å². The van der Waals surface area contributed by atoms with E-state index in [0.29, 0.717) is 0 Å². The van der Waals surface area contributed by atoms with Gasteiger partial charge in [-0.15, -0.1) is 0 Å². The first-order valence-corrected chi connectivity index (χ1v) is 15.4. The third-order valence-electron chi connectivity index (χ3n) is 7.65. The second kappa shape index (κ2) is 15.1. The van der Waals surface area contributed by atoms with Crippen LogP contribution in [0.2, 0.25) is 0 Å². The SMILES string of the molecule is C(=Cc1ccc(-c2ccc(C=Cc3ccccc3)cc2)cc1)c1ccccc1.c1ccc(C2=NN(c3ccccc3)CC2)cc1. The predicted octanol–water partition coefficient (Wildman–Crippen LogP) is 11.0. The minimum atomic E-state index is 0.967. The minimum absolute atomic E-state index is 0.967. The molecule has 7 rings (SSSR count). The molecule has 0 atom stereocenters. The number of hydrogen-bond acceptors (Lipinski definition) is 2. The highest BCUT2D eigenvalue weighted by Crippen LogP contribution is 2.23. The lowest BCUT2D eigenvalue weighted by molar-refractivity contribution is 0.922. The monoisotopic (exact) mass is 580 g/mol. The van der Waals surface area contributed by atoms with E-state index in [0.717, 1.165) is 13.0 Å². The Kier molecular flexibility index (Phi) is 9.87. The average Bonchev–Trinajstić information content (AvgIpc) is 3.63. The van der Waals surface area contributed by atoms with E-state index in [1.54, 1.807) is 0 Å². The molecule has 2 nitrogen and oxygen atoms in total. The highest BCUT2D eigenvalue weighted by Gasteiger charge is 2.16. The van der Waals surface area contributed by atoms with Crippen molar-refractivity contribution in [2.45, 2.75) is 6.42 Å². The molecule has 45 heavy (non-hydrogen) atoms. The van der Waals surface area contributed by atoms with E-state index in [1.165, 1.54) is 50.3 Å². The molecule has 218 valence electrons. The maximum absolute atomic E-state index is 4.68. The summed E-state index contributed by atoms with van der Waals surface area (Å²) in [6, 6.07) is 58.8. The van der Waals surface area contributed by atoms with Crippen molar-refractivity contribution in [2.24, 2.45) is 5.10 Å². The molecule has 0 unspecified atom stereocenters. The van der Waals surface area contributed by atoms with Crippen molar-refractivity contribution in [2.75, 3.05) is 11.6 Å². The first kappa shape index (κ1) is 29.3. The fourth-order valence-electron chi connectivity index (χ4n) is 5.16. The van der Waals surface area contributed by atoms with Crippen molar-refractivity contribution in [3.05, 3.63) is 198 Å². The lowest BCUT2D eigenvalue weighted by Crippen LogP contribution is -2.11. The van der Waals surface area contributed by atoms with Gasteiger partial charge in [-0.25, -0.2) is 0 Å². The van der Waals surface area contributed by atoms with E-state index >= 15 is 0 Å². The number of para-hydroxylation sites is 1. The molecule has 0 amide bonds. The standard InChI is InChI=1S/C28H22.C15H14N2/c1-3-7-23(8-4-1)11-13-25-15-19-27(20-16-25)28-21-17-26(18-22-28)14-12-24-9-5-2-6-10-24;1-3-7-13(8-4-1)15-11-12-17(16-15)14-9-5-2-6-10-14/h1-22H;1-10H,11-12H2. The molecule has 2 heteroatoms. The van der Waals surface area contributed by atoms with Crippen LogP contribution in [0.3, 0.4) is 0 Å². The van der Waals surface area contributed by atoms with Crippen molar-refractivity contribution in [1.82, 2.24) is 0 Å². The summed E-state index contributed by atoms with van der Waals surface area (Å²) in [6.45, 7) is 0.967. The lowest BCUT2D eigenvalue weighted by atomic mass is 10.0. The third kappa shape index (κ3) is 8.43. The molecule has 0 aromatic heterocycles. The molecule has 6 aromatic rings. The fraction of sp³-hybridized carbons (Fsp3) is 0.0465. The van der Waals surface area contributed by atoms with E-state index in [1.807, 2.05) is 36.4 Å². The maximum Gasteiger partial charge on any atom is 0.0700 e. The van der Waals surface area contributed by atoms with Gasteiger partial charge in [0.1, 0.15) is 0 Å². The Morgan fingerprint density at radius 1 is 0.378 bits per heavy atom. The van der Waals surface area contributed by atoms with E-state index < -0.39 is 0 Å². The van der Waals surface area contributed by atoms with E-state index in [2.05, 4.69) is 168 Å². The lowest BCUT2D eigenvalue weighted by Gasteiger charge is -2.12. The molecule has 0 N–H and O–H groups in total. The first-order valence-electron chi connectivity index (χ1n) is 15.4. The zero-order valence-corrected chi connectivity index (χ0v) is 25.3. The third-order valence-corrected chi connectivity index (χ3v) is 7.65. The van der Waals surface area contributed by atoms with Crippen LogP contribution in [0.5, 0.6) is 0 Å². The summed E-state index contributed by atoms with van der Waals surface area (Å²) in [4.78, 5) is 0. The molecule has 1 aliphatic rings. The number of hydrazone groups is 1. The zero-order chi connectivity index (χ0) is 30.5. The molecule has 0 radical (unpaired) electrons. The van der Waals surface area contributed by atoms with E-state index in [9.17, 15) is 0 Å². The Labute approximate surface area is 267 Å². The normalized spacial score (nSPS) is 12.6. The number of rotatable bonds is 7. The highest BCUT2D eigenvalue weighted by molar-refractivity contribution is 6.02. The number of benzene rings is 6. The van der Waals surface area contributed by atoms with Crippen LogP contribution in [0.15, 0.2) is 175 Å². The van der Waals surface area contributed by atoms with Crippen LogP contribution in [0.25, 0.3) is 35.4 Å². The van der Waals surface area contributed by atoms with Crippen LogP contribution >= 0.6 is 0 Å². The van der Waals surface area contributed by atoms with E-state index in [-0.39, 0.29) is 0 Å². The van der Waals surface area contributed by atoms with Crippen molar-refractivity contribution < 1.29 is 0 Å². The van der Waals surface area contributed by atoms with Gasteiger partial charge in [0.25, 0.3) is 0 Å². The molecular formula is C43H36N2. The Balaban J connectivity index is 0.000000179. The summed E-state index contributed by atoms with van der Waals surface area (Å²) in [5.41, 5.74) is 10.9. The average molecular weight is 581 g/mol. The van der Waals surface area contributed by atoms with Crippen molar-refractivity contribution in [1.29, 1.82) is 0 Å². The first-order chi connectivity index (χ1) is 22.3. The van der Waals surface area contributed by atoms with Crippen molar-refractivity contribution in [3.63, 3.8) is 0 Å². The molecule has 0 aliphatic carbocycles. The second-order valence-electron chi connectivity index (χ2n) is 10.9. The smallest absolute Gasteiger partial charge is 0.0700 e. The fourth-order valence-corrected chi connectivity index (χ4v) is 5.16. The van der Waals surface area contributed by atoms with Gasteiger partial charge in [0, 0.05) is 13.0 Å².